The number of rotatable bonds is 4. The third kappa shape index (κ3) is 3.37. The van der Waals surface area contributed by atoms with Gasteiger partial charge in [0.2, 0.25) is 0 Å². The van der Waals surface area contributed by atoms with Crippen LogP contribution in [0, 0.1) is 0 Å². The lowest BCUT2D eigenvalue weighted by Gasteiger charge is -2.13. The van der Waals surface area contributed by atoms with Gasteiger partial charge in [-0.05, 0) is 26.0 Å². The number of para-hydroxylation sites is 1. The highest BCUT2D eigenvalue weighted by Gasteiger charge is 2.19. The van der Waals surface area contributed by atoms with Crippen LogP contribution in [0.25, 0.3) is 0 Å². The Morgan fingerprint density at radius 2 is 2.17 bits per heavy atom. The van der Waals surface area contributed by atoms with E-state index in [0.717, 1.165) is 0 Å². The Balaban J connectivity index is 2.77. The number of anilines is 1. The number of ether oxygens (including phenoxy) is 1. The minimum atomic E-state index is -0.740. The van der Waals surface area contributed by atoms with Crippen molar-refractivity contribution in [3.63, 3.8) is 0 Å². The molecule has 0 spiro atoms. The van der Waals surface area contributed by atoms with Gasteiger partial charge in [-0.25, -0.2) is 4.79 Å². The van der Waals surface area contributed by atoms with Gasteiger partial charge in [-0.15, -0.1) is 0 Å². The maximum absolute atomic E-state index is 11.9. The number of nitrogens with two attached hydrogens (primary N) is 1. The number of nitrogens with one attached hydrogen (secondary N) is 1. The number of benzene rings is 1. The van der Waals surface area contributed by atoms with Gasteiger partial charge >= 0.3 is 5.97 Å². The van der Waals surface area contributed by atoms with E-state index in [1.54, 1.807) is 19.1 Å². The predicted octanol–water partition coefficient (Wildman–Crippen LogP) is 1.60. The second-order valence-electron chi connectivity index (χ2n) is 3.65. The maximum Gasteiger partial charge on any atom is 0.328 e. The maximum atomic E-state index is 11.9. The van der Waals surface area contributed by atoms with Crippen LogP contribution in [-0.2, 0) is 9.53 Å². The molecule has 98 valence electrons. The fourth-order valence-electron chi connectivity index (χ4n) is 1.34. The van der Waals surface area contributed by atoms with Crippen molar-refractivity contribution in [2.24, 2.45) is 0 Å². The Morgan fingerprint density at radius 3 is 2.78 bits per heavy atom. The lowest BCUT2D eigenvalue weighted by molar-refractivity contribution is -0.144. The van der Waals surface area contributed by atoms with Crippen LogP contribution < -0.4 is 11.1 Å². The third-order valence-electron chi connectivity index (χ3n) is 2.29. The fraction of sp³-hybridized carbons (Fsp3) is 0.333. The molecular weight excluding hydrogens is 256 g/mol. The van der Waals surface area contributed by atoms with Crippen LogP contribution in [0.2, 0.25) is 5.02 Å². The van der Waals surface area contributed by atoms with E-state index >= 15 is 0 Å². The highest BCUT2D eigenvalue weighted by Crippen LogP contribution is 2.22. The number of halogens is 1. The second kappa shape index (κ2) is 6.26. The van der Waals surface area contributed by atoms with Crippen LogP contribution in [0.1, 0.15) is 24.2 Å². The largest absolute Gasteiger partial charge is 0.464 e. The van der Waals surface area contributed by atoms with E-state index in [1.165, 1.54) is 13.0 Å². The standard InChI is InChI=1S/C12H15ClN2O3/c1-3-18-12(17)7(2)15-11(16)8-5-4-6-9(13)10(8)14/h4-7H,3,14H2,1-2H3,(H,15,16). The van der Waals surface area contributed by atoms with Gasteiger partial charge < -0.3 is 15.8 Å². The molecule has 0 bridgehead atoms. The summed E-state index contributed by atoms with van der Waals surface area (Å²) in [6.07, 6.45) is 0. The first-order valence-corrected chi connectivity index (χ1v) is 5.86. The van der Waals surface area contributed by atoms with Crippen molar-refractivity contribution in [3.05, 3.63) is 28.8 Å². The van der Waals surface area contributed by atoms with Gasteiger partial charge in [0.1, 0.15) is 6.04 Å². The zero-order valence-electron chi connectivity index (χ0n) is 10.2. The van der Waals surface area contributed by atoms with Gasteiger partial charge in [-0.2, -0.15) is 0 Å². The fourth-order valence-corrected chi connectivity index (χ4v) is 1.51. The van der Waals surface area contributed by atoms with Crippen molar-refractivity contribution in [2.75, 3.05) is 12.3 Å². The summed E-state index contributed by atoms with van der Waals surface area (Å²) in [4.78, 5) is 23.2. The number of carbonyl (C=O) groups excluding carboxylic acids is 2. The molecule has 1 atom stereocenters. The Bertz CT molecular complexity index is 463. The highest BCUT2D eigenvalue weighted by molar-refractivity contribution is 6.33. The molecule has 1 unspecified atom stereocenters. The number of carbonyl (C=O) groups is 2. The van der Waals surface area contributed by atoms with E-state index in [1.807, 2.05) is 0 Å². The molecule has 0 aliphatic heterocycles. The van der Waals surface area contributed by atoms with Crippen LogP contribution in [0.5, 0.6) is 0 Å². The molecule has 0 aliphatic carbocycles. The van der Waals surface area contributed by atoms with Gasteiger partial charge in [-0.1, -0.05) is 17.7 Å². The normalized spacial score (nSPS) is 11.7. The number of hydrogen-bond donors (Lipinski definition) is 2. The monoisotopic (exact) mass is 270 g/mol. The number of esters is 1. The minimum absolute atomic E-state index is 0.188. The molecule has 0 aliphatic rings. The molecular formula is C12H15ClN2O3. The van der Waals surface area contributed by atoms with Crippen LogP contribution >= 0.6 is 11.6 Å². The molecule has 6 heteroatoms. The smallest absolute Gasteiger partial charge is 0.328 e. The first-order valence-electron chi connectivity index (χ1n) is 5.48. The van der Waals surface area contributed by atoms with Crippen molar-refractivity contribution in [1.82, 2.24) is 5.32 Å². The van der Waals surface area contributed by atoms with Crippen molar-refractivity contribution in [1.29, 1.82) is 0 Å². The van der Waals surface area contributed by atoms with Gasteiger partial charge in [0.15, 0.2) is 0 Å². The van der Waals surface area contributed by atoms with Crippen LogP contribution in [0.15, 0.2) is 18.2 Å². The second-order valence-corrected chi connectivity index (χ2v) is 4.06. The Hall–Kier alpha value is -1.75. The lowest BCUT2D eigenvalue weighted by atomic mass is 10.1. The van der Waals surface area contributed by atoms with E-state index in [-0.39, 0.29) is 17.9 Å². The van der Waals surface area contributed by atoms with Gasteiger partial charge in [0.05, 0.1) is 22.9 Å². The van der Waals surface area contributed by atoms with Gasteiger partial charge in [0, 0.05) is 0 Å². The Labute approximate surface area is 110 Å². The molecule has 1 amide bonds. The molecule has 1 aromatic carbocycles. The lowest BCUT2D eigenvalue weighted by Crippen LogP contribution is -2.39. The molecule has 0 radical (unpaired) electrons. The molecule has 18 heavy (non-hydrogen) atoms. The van der Waals surface area contributed by atoms with E-state index in [9.17, 15) is 9.59 Å². The summed E-state index contributed by atoms with van der Waals surface area (Å²) in [5, 5.41) is 2.79. The molecule has 1 aromatic rings. The van der Waals surface area contributed by atoms with Crippen molar-refractivity contribution in [2.45, 2.75) is 19.9 Å². The van der Waals surface area contributed by atoms with Crippen LogP contribution in [0.3, 0.4) is 0 Å². The average Bonchev–Trinajstić information content (AvgIpc) is 2.32. The van der Waals surface area contributed by atoms with Gasteiger partial charge in [-0.3, -0.25) is 4.79 Å². The SMILES string of the molecule is CCOC(=O)C(C)NC(=O)c1cccc(Cl)c1N. The van der Waals surface area contributed by atoms with Crippen LogP contribution in [-0.4, -0.2) is 24.5 Å². The molecule has 5 nitrogen and oxygen atoms in total. The summed E-state index contributed by atoms with van der Waals surface area (Å²) in [6.45, 7) is 3.50. The summed E-state index contributed by atoms with van der Waals surface area (Å²) in [7, 11) is 0. The summed E-state index contributed by atoms with van der Waals surface area (Å²) in [5.74, 6) is -0.956. The molecule has 0 fully saturated rings. The molecule has 0 saturated carbocycles. The summed E-state index contributed by atoms with van der Waals surface area (Å²) in [5.41, 5.74) is 6.11. The minimum Gasteiger partial charge on any atom is -0.464 e. The van der Waals surface area contributed by atoms with E-state index in [0.29, 0.717) is 5.02 Å². The highest BCUT2D eigenvalue weighted by atomic mass is 35.5. The van der Waals surface area contributed by atoms with E-state index < -0.39 is 17.9 Å². The van der Waals surface area contributed by atoms with E-state index in [4.69, 9.17) is 22.1 Å². The summed E-state index contributed by atoms with van der Waals surface area (Å²) in [6, 6.07) is 4.00. The van der Waals surface area contributed by atoms with E-state index in [2.05, 4.69) is 5.32 Å². The Morgan fingerprint density at radius 1 is 1.50 bits per heavy atom. The number of hydrogen-bond acceptors (Lipinski definition) is 4. The van der Waals surface area contributed by atoms with Gasteiger partial charge in [0.25, 0.3) is 5.91 Å². The predicted molar refractivity (Wildman–Crippen MR) is 69.4 cm³/mol. The molecule has 3 N–H and O–H groups in total. The quantitative estimate of drug-likeness (QED) is 0.643. The molecule has 0 heterocycles. The third-order valence-corrected chi connectivity index (χ3v) is 2.61. The first-order chi connectivity index (χ1) is 8.47. The Kier molecular flexibility index (Phi) is 4.97. The number of nitrogen functional groups attached to an aromatic ring is 1. The first kappa shape index (κ1) is 14.3. The van der Waals surface area contributed by atoms with Crippen molar-refractivity contribution >= 4 is 29.2 Å². The molecule has 1 rings (SSSR count). The zero-order chi connectivity index (χ0) is 13.7. The summed E-state index contributed by atoms with van der Waals surface area (Å²) >= 11 is 5.81. The number of amides is 1. The van der Waals surface area contributed by atoms with Crippen LogP contribution in [0.4, 0.5) is 5.69 Å². The molecule has 0 saturated heterocycles. The summed E-state index contributed by atoms with van der Waals surface area (Å²) < 4.78 is 4.78. The molecule has 0 aromatic heterocycles. The average molecular weight is 271 g/mol. The zero-order valence-corrected chi connectivity index (χ0v) is 11.0. The van der Waals surface area contributed by atoms with Crippen molar-refractivity contribution < 1.29 is 14.3 Å². The van der Waals surface area contributed by atoms with Crippen molar-refractivity contribution in [3.8, 4) is 0 Å². The topological polar surface area (TPSA) is 81.4 Å².